The third kappa shape index (κ3) is 10.1. The van der Waals surface area contributed by atoms with Gasteiger partial charge in [-0.15, -0.1) is 5.10 Å². The summed E-state index contributed by atoms with van der Waals surface area (Å²) in [5.74, 6) is -0.00148. The van der Waals surface area contributed by atoms with Crippen LogP contribution in [0.2, 0.25) is 0 Å². The molecule has 3 unspecified atom stereocenters. The van der Waals surface area contributed by atoms with Crippen LogP contribution in [-0.2, 0) is 32.3 Å². The number of aryl methyl sites for hydroxylation is 1. The maximum Gasteiger partial charge on any atom is 0.408 e. The molecule has 8 rings (SSSR count). The van der Waals surface area contributed by atoms with E-state index in [-0.39, 0.29) is 18.1 Å². The van der Waals surface area contributed by atoms with Gasteiger partial charge in [0.2, 0.25) is 5.91 Å². The van der Waals surface area contributed by atoms with E-state index in [1.165, 1.54) is 0 Å². The van der Waals surface area contributed by atoms with Crippen LogP contribution in [0.1, 0.15) is 80.1 Å². The molecule has 6 aromatic carbocycles. The minimum Gasteiger partial charge on any atom is -0.444 e. The average molecular weight is 914 g/mol. The van der Waals surface area contributed by atoms with Gasteiger partial charge in [-0.25, -0.2) is 9.48 Å². The Labute approximate surface area is 394 Å². The third-order valence-corrected chi connectivity index (χ3v) is 12.8. The summed E-state index contributed by atoms with van der Waals surface area (Å²) >= 11 is 0. The monoisotopic (exact) mass is 913 g/mol. The first-order valence-corrected chi connectivity index (χ1v) is 23.9. The molecule has 67 heavy (non-hydrogen) atoms. The Morgan fingerprint density at radius 1 is 0.746 bits per heavy atom. The fourth-order valence-electron chi connectivity index (χ4n) is 8.94. The van der Waals surface area contributed by atoms with Crippen LogP contribution in [0, 0.1) is 0 Å². The number of benzene rings is 6. The molecule has 3 atom stereocenters. The predicted octanol–water partition coefficient (Wildman–Crippen LogP) is 9.37. The lowest BCUT2D eigenvalue weighted by molar-refractivity contribution is -0.123. The van der Waals surface area contributed by atoms with Crippen LogP contribution in [0.3, 0.4) is 0 Å². The van der Waals surface area contributed by atoms with Gasteiger partial charge in [0.1, 0.15) is 17.2 Å². The molecule has 0 aliphatic carbocycles. The summed E-state index contributed by atoms with van der Waals surface area (Å²) in [5, 5.41) is 23.2. The van der Waals surface area contributed by atoms with Crippen LogP contribution in [0.5, 0.6) is 0 Å². The molecule has 1 aromatic heterocycles. The second kappa shape index (κ2) is 19.3. The van der Waals surface area contributed by atoms with Gasteiger partial charge in [0.25, 0.3) is 0 Å². The number of anilines is 1. The van der Waals surface area contributed by atoms with Gasteiger partial charge in [0.05, 0.1) is 6.04 Å². The van der Waals surface area contributed by atoms with Crippen molar-refractivity contribution in [3.63, 3.8) is 0 Å². The molecule has 0 saturated heterocycles. The number of alkyl carbamates (subject to hydrolysis) is 1. The van der Waals surface area contributed by atoms with Crippen molar-refractivity contribution in [1.82, 2.24) is 30.8 Å². The Balaban J connectivity index is 1.13. The normalized spacial score (nSPS) is 15.6. The molecule has 0 bridgehead atoms. The summed E-state index contributed by atoms with van der Waals surface area (Å²) in [6.45, 7) is 8.82. The summed E-state index contributed by atoms with van der Waals surface area (Å²) in [7, 11) is -1.20. The van der Waals surface area contributed by atoms with Crippen LogP contribution < -0.4 is 16.0 Å². The molecule has 0 spiro atoms. The number of carbonyl (C=O) groups excluding carboxylic acids is 3. The third-order valence-electron chi connectivity index (χ3n) is 11.9. The number of tetrazole rings is 1. The van der Waals surface area contributed by atoms with Crippen molar-refractivity contribution in [2.75, 3.05) is 11.6 Å². The highest BCUT2D eigenvalue weighted by Crippen LogP contribution is 2.43. The smallest absolute Gasteiger partial charge is 0.408 e. The number of nitrogens with zero attached hydrogens (tertiary/aromatic N) is 4. The van der Waals surface area contributed by atoms with Crippen LogP contribution in [-0.4, -0.2) is 71.7 Å². The minimum atomic E-state index is -1.20. The van der Waals surface area contributed by atoms with E-state index in [0.717, 1.165) is 44.6 Å². The number of hydrogen-bond donors (Lipinski definition) is 3. The first-order valence-electron chi connectivity index (χ1n) is 22.4. The largest absolute Gasteiger partial charge is 0.444 e. The van der Waals surface area contributed by atoms with Crippen molar-refractivity contribution in [2.45, 2.75) is 87.5 Å². The highest BCUT2D eigenvalue weighted by molar-refractivity contribution is 7.84. The van der Waals surface area contributed by atoms with E-state index >= 15 is 0 Å². The molecule has 1 aliphatic rings. The van der Waals surface area contributed by atoms with Crippen LogP contribution >= 0.6 is 0 Å². The van der Waals surface area contributed by atoms with E-state index in [0.29, 0.717) is 29.1 Å². The second-order valence-electron chi connectivity index (χ2n) is 18.5. The molecule has 0 saturated carbocycles. The van der Waals surface area contributed by atoms with Crippen molar-refractivity contribution in [2.24, 2.45) is 0 Å². The Hall–Kier alpha value is -7.25. The number of fused-ring (bicyclic) bond motifs is 1. The molecule has 0 fully saturated rings. The molecule has 2 amide bonds. The molecule has 3 N–H and O–H groups in total. The topological polar surface area (TPSA) is 157 Å². The number of Topliss-reactive ketones (excluding diaryl/α,β-unsaturated/α-hetero) is 1. The maximum atomic E-state index is 14.8. The van der Waals surface area contributed by atoms with Gasteiger partial charge in [0.15, 0.2) is 11.6 Å². The molecule has 12 nitrogen and oxygen atoms in total. The van der Waals surface area contributed by atoms with Crippen molar-refractivity contribution in [3.8, 4) is 22.5 Å². The number of ether oxygens (including phenoxy) is 1. The van der Waals surface area contributed by atoms with Crippen molar-refractivity contribution >= 4 is 34.3 Å². The molecule has 13 heteroatoms. The lowest BCUT2D eigenvalue weighted by atomic mass is 9.77. The van der Waals surface area contributed by atoms with Crippen molar-refractivity contribution in [1.29, 1.82) is 0 Å². The van der Waals surface area contributed by atoms with Crippen molar-refractivity contribution < 1.29 is 23.3 Å². The molecular formula is C54H55N7O5S. The Kier molecular flexibility index (Phi) is 13.3. The van der Waals surface area contributed by atoms with Gasteiger partial charge in [-0.1, -0.05) is 140 Å². The summed E-state index contributed by atoms with van der Waals surface area (Å²) < 4.78 is 19.8. The average Bonchev–Trinajstić information content (AvgIpc) is 3.72. The molecule has 0 radical (unpaired) electrons. The fraction of sp³-hybridized carbons (Fsp3) is 0.259. The highest BCUT2D eigenvalue weighted by atomic mass is 32.2. The molecule has 1 aliphatic heterocycles. The second-order valence-corrected chi connectivity index (χ2v) is 19.9. The highest BCUT2D eigenvalue weighted by Gasteiger charge is 2.42. The molecule has 7 aromatic rings. The fourth-order valence-corrected chi connectivity index (χ4v) is 9.51. The lowest BCUT2D eigenvalue weighted by Gasteiger charge is -2.36. The first-order chi connectivity index (χ1) is 32.1. The quantitative estimate of drug-likeness (QED) is 0.0758. The standard InChI is InChI=1S/C54H55N7O5S/c1-52(2,3)66-51(64)57-53(4,5)35-47(62)55-46-32-30-38-34-42(67(6)65)31-33-45(38)56-48(46)49(63)37-28-26-36(27-29-37)43-24-16-17-25-44(43)50-58-59-60-61(50)54(39-18-10-7-11-19-39,40-20-12-8-13-21-40)41-22-14-9-15-23-41/h7-29,31,33-34,46,48,56H,30,32,35H2,1-6H3,(H,55,62)(H,57,64). The van der Waals surface area contributed by atoms with Crippen LogP contribution in [0.25, 0.3) is 22.5 Å². The van der Waals surface area contributed by atoms with E-state index in [1.807, 2.05) is 120 Å². The van der Waals surface area contributed by atoms with Gasteiger partial charge >= 0.3 is 6.09 Å². The number of nitrogens with one attached hydrogen (secondary N) is 3. The minimum absolute atomic E-state index is 0.0594. The predicted molar refractivity (Wildman–Crippen MR) is 262 cm³/mol. The van der Waals surface area contributed by atoms with Gasteiger partial charge in [-0.3, -0.25) is 13.8 Å². The van der Waals surface area contributed by atoms with Gasteiger partial charge in [-0.05, 0) is 109 Å². The summed E-state index contributed by atoms with van der Waals surface area (Å²) in [5.41, 5.74) is 4.90. The Morgan fingerprint density at radius 2 is 1.31 bits per heavy atom. The van der Waals surface area contributed by atoms with Gasteiger partial charge in [-0.2, -0.15) is 0 Å². The zero-order chi connectivity index (χ0) is 47.3. The van der Waals surface area contributed by atoms with E-state index in [9.17, 15) is 18.6 Å². The zero-order valence-electron chi connectivity index (χ0n) is 38.5. The number of amides is 2. The molecule has 2 heterocycles. The number of ketones is 1. The van der Waals surface area contributed by atoms with E-state index in [2.05, 4.69) is 57.6 Å². The first kappa shape index (κ1) is 46.3. The summed E-state index contributed by atoms with van der Waals surface area (Å²) in [6.07, 6.45) is 1.90. The number of carbonyl (C=O) groups is 3. The van der Waals surface area contributed by atoms with E-state index < -0.39 is 45.7 Å². The SMILES string of the molecule is CS(=O)c1ccc2c(c1)CCC(NC(=O)CC(C)(C)NC(=O)OC(C)(C)C)C(C(=O)c1ccc(-c3ccccc3-c3nnnn3C(c3ccccc3)(c3ccccc3)c3ccccc3)cc1)N2. The number of hydrogen-bond acceptors (Lipinski definition) is 9. The molecular weight excluding hydrogens is 859 g/mol. The van der Waals surface area contributed by atoms with Gasteiger partial charge < -0.3 is 20.7 Å². The summed E-state index contributed by atoms with van der Waals surface area (Å²) in [4.78, 5) is 41.9. The van der Waals surface area contributed by atoms with Crippen molar-refractivity contribution in [3.05, 3.63) is 186 Å². The summed E-state index contributed by atoms with van der Waals surface area (Å²) in [6, 6.07) is 50.2. The van der Waals surface area contributed by atoms with Crippen LogP contribution in [0.4, 0.5) is 10.5 Å². The van der Waals surface area contributed by atoms with E-state index in [1.54, 1.807) is 46.9 Å². The maximum absolute atomic E-state index is 14.8. The number of aromatic nitrogens is 4. The Bertz CT molecular complexity index is 2800. The zero-order valence-corrected chi connectivity index (χ0v) is 39.3. The van der Waals surface area contributed by atoms with Crippen LogP contribution in [0.15, 0.2) is 163 Å². The number of rotatable bonds is 13. The Morgan fingerprint density at radius 3 is 1.88 bits per heavy atom. The van der Waals surface area contributed by atoms with Gasteiger partial charge in [0, 0.05) is 50.7 Å². The van der Waals surface area contributed by atoms with E-state index in [4.69, 9.17) is 15.0 Å². The molecule has 342 valence electrons. The lowest BCUT2D eigenvalue weighted by Crippen LogP contribution is -2.53.